The van der Waals surface area contributed by atoms with Crippen LogP contribution in [0, 0.1) is 0 Å². The highest BCUT2D eigenvalue weighted by molar-refractivity contribution is 5.63. The van der Waals surface area contributed by atoms with Gasteiger partial charge in [-0.15, -0.1) is 0 Å². The first-order valence-electron chi connectivity index (χ1n) is 5.00. The number of aryl methyl sites for hydroxylation is 1. The van der Waals surface area contributed by atoms with Crippen molar-refractivity contribution >= 4 is 0 Å². The minimum Gasteiger partial charge on any atom is -0.396 e. The van der Waals surface area contributed by atoms with E-state index in [1.165, 1.54) is 0 Å². The average Bonchev–Trinajstić information content (AvgIpc) is 2.66. The molecule has 3 nitrogen and oxygen atoms in total. The fourth-order valence-corrected chi connectivity index (χ4v) is 1.75. The van der Waals surface area contributed by atoms with Crippen LogP contribution in [-0.2, 0) is 13.5 Å². The minimum absolute atomic E-state index is 0.175. The lowest BCUT2D eigenvalue weighted by Crippen LogP contribution is -1.98. The Morgan fingerprint density at radius 2 is 2.07 bits per heavy atom. The fraction of sp³-hybridized carbons (Fsp3) is 0.250. The van der Waals surface area contributed by atoms with Crippen LogP contribution >= 0.6 is 0 Å². The van der Waals surface area contributed by atoms with Gasteiger partial charge in [0.05, 0.1) is 5.69 Å². The van der Waals surface area contributed by atoms with Crippen molar-refractivity contribution in [3.8, 4) is 11.3 Å². The minimum atomic E-state index is 0.175. The van der Waals surface area contributed by atoms with E-state index in [4.69, 9.17) is 5.11 Å². The highest BCUT2D eigenvalue weighted by Crippen LogP contribution is 2.22. The van der Waals surface area contributed by atoms with Gasteiger partial charge in [-0.25, -0.2) is 0 Å². The van der Waals surface area contributed by atoms with E-state index in [1.54, 1.807) is 6.20 Å². The molecule has 0 atom stereocenters. The van der Waals surface area contributed by atoms with E-state index in [1.807, 2.05) is 36.0 Å². The second-order valence-electron chi connectivity index (χ2n) is 3.47. The molecule has 2 aromatic rings. The SMILES string of the molecule is Cn1nccc1-c1ccccc1CCO. The third kappa shape index (κ3) is 1.92. The van der Waals surface area contributed by atoms with Gasteiger partial charge in [0.2, 0.25) is 0 Å². The van der Waals surface area contributed by atoms with Crippen LogP contribution in [0.2, 0.25) is 0 Å². The summed E-state index contributed by atoms with van der Waals surface area (Å²) in [6.07, 6.45) is 2.46. The van der Waals surface area contributed by atoms with Crippen molar-refractivity contribution in [1.29, 1.82) is 0 Å². The van der Waals surface area contributed by atoms with Crippen LogP contribution in [0.25, 0.3) is 11.3 Å². The van der Waals surface area contributed by atoms with Crippen molar-refractivity contribution in [3.05, 3.63) is 42.1 Å². The Balaban J connectivity index is 2.48. The molecule has 3 heteroatoms. The zero-order chi connectivity index (χ0) is 10.7. The second kappa shape index (κ2) is 4.28. The van der Waals surface area contributed by atoms with Gasteiger partial charge in [0.1, 0.15) is 0 Å². The lowest BCUT2D eigenvalue weighted by atomic mass is 10.0. The molecule has 0 fully saturated rings. The van der Waals surface area contributed by atoms with E-state index in [-0.39, 0.29) is 6.61 Å². The summed E-state index contributed by atoms with van der Waals surface area (Å²) in [5.41, 5.74) is 3.38. The molecule has 0 spiro atoms. The maximum absolute atomic E-state index is 8.99. The van der Waals surface area contributed by atoms with Gasteiger partial charge in [-0.1, -0.05) is 24.3 Å². The number of rotatable bonds is 3. The van der Waals surface area contributed by atoms with E-state index in [0.29, 0.717) is 6.42 Å². The predicted octanol–water partition coefficient (Wildman–Crippen LogP) is 1.62. The number of aromatic nitrogens is 2. The molecule has 1 heterocycles. The molecule has 1 N–H and O–H groups in total. The molecule has 1 aromatic carbocycles. The summed E-state index contributed by atoms with van der Waals surface area (Å²) < 4.78 is 1.84. The summed E-state index contributed by atoms with van der Waals surface area (Å²) in [7, 11) is 1.92. The molecule has 1 aromatic heterocycles. The smallest absolute Gasteiger partial charge is 0.0681 e. The molecular formula is C12H14N2O. The summed E-state index contributed by atoms with van der Waals surface area (Å²) >= 11 is 0. The maximum atomic E-state index is 8.99. The van der Waals surface area contributed by atoms with Gasteiger partial charge >= 0.3 is 0 Å². The zero-order valence-corrected chi connectivity index (χ0v) is 8.72. The van der Waals surface area contributed by atoms with E-state index in [9.17, 15) is 0 Å². The average molecular weight is 202 g/mol. The molecule has 0 bridgehead atoms. The van der Waals surface area contributed by atoms with Crippen LogP contribution in [0.3, 0.4) is 0 Å². The molecule has 78 valence electrons. The lowest BCUT2D eigenvalue weighted by Gasteiger charge is -2.08. The van der Waals surface area contributed by atoms with E-state index in [2.05, 4.69) is 11.2 Å². The van der Waals surface area contributed by atoms with Gasteiger partial charge in [-0.05, 0) is 18.1 Å². The highest BCUT2D eigenvalue weighted by Gasteiger charge is 2.06. The first-order valence-corrected chi connectivity index (χ1v) is 5.00. The summed E-state index contributed by atoms with van der Waals surface area (Å²) in [6, 6.07) is 10.1. The first kappa shape index (κ1) is 9.93. The molecule has 15 heavy (non-hydrogen) atoms. The van der Waals surface area contributed by atoms with E-state index >= 15 is 0 Å². The number of aliphatic hydroxyl groups is 1. The predicted molar refractivity (Wildman–Crippen MR) is 59.4 cm³/mol. The Hall–Kier alpha value is -1.61. The van der Waals surface area contributed by atoms with E-state index in [0.717, 1.165) is 16.8 Å². The zero-order valence-electron chi connectivity index (χ0n) is 8.72. The lowest BCUT2D eigenvalue weighted by molar-refractivity contribution is 0.300. The number of nitrogens with zero attached hydrogens (tertiary/aromatic N) is 2. The third-order valence-corrected chi connectivity index (χ3v) is 2.50. The summed E-state index contributed by atoms with van der Waals surface area (Å²) in [5, 5.41) is 13.1. The van der Waals surface area contributed by atoms with Crippen LogP contribution in [0.4, 0.5) is 0 Å². The standard InChI is InChI=1S/C12H14N2O/c1-14-12(6-8-13-14)11-5-3-2-4-10(11)7-9-15/h2-6,8,15H,7,9H2,1H3. The second-order valence-corrected chi connectivity index (χ2v) is 3.47. The highest BCUT2D eigenvalue weighted by atomic mass is 16.2. The Morgan fingerprint density at radius 3 is 2.73 bits per heavy atom. The van der Waals surface area contributed by atoms with Crippen molar-refractivity contribution < 1.29 is 5.11 Å². The van der Waals surface area contributed by atoms with Crippen molar-refractivity contribution in [2.75, 3.05) is 6.61 Å². The van der Waals surface area contributed by atoms with Gasteiger partial charge in [-0.2, -0.15) is 5.10 Å². The number of aliphatic hydroxyl groups excluding tert-OH is 1. The molecule has 0 radical (unpaired) electrons. The summed E-state index contributed by atoms with van der Waals surface area (Å²) in [4.78, 5) is 0. The third-order valence-electron chi connectivity index (χ3n) is 2.50. The van der Waals surface area contributed by atoms with Crippen LogP contribution in [-0.4, -0.2) is 21.5 Å². The maximum Gasteiger partial charge on any atom is 0.0681 e. The monoisotopic (exact) mass is 202 g/mol. The quantitative estimate of drug-likeness (QED) is 0.821. The molecular weight excluding hydrogens is 188 g/mol. The van der Waals surface area contributed by atoms with Crippen LogP contribution < -0.4 is 0 Å². The molecule has 0 unspecified atom stereocenters. The number of benzene rings is 1. The topological polar surface area (TPSA) is 38.0 Å². The van der Waals surface area contributed by atoms with Gasteiger partial charge in [0.25, 0.3) is 0 Å². The Bertz CT molecular complexity index is 448. The Labute approximate surface area is 89.0 Å². The summed E-state index contributed by atoms with van der Waals surface area (Å²) in [5.74, 6) is 0. The molecule has 0 aliphatic carbocycles. The van der Waals surface area contributed by atoms with Crippen LogP contribution in [0.5, 0.6) is 0 Å². The molecule has 0 saturated carbocycles. The van der Waals surface area contributed by atoms with Gasteiger partial charge in [0.15, 0.2) is 0 Å². The first-order chi connectivity index (χ1) is 7.33. The van der Waals surface area contributed by atoms with Crippen molar-refractivity contribution in [1.82, 2.24) is 9.78 Å². The van der Waals surface area contributed by atoms with E-state index < -0.39 is 0 Å². The molecule has 0 aliphatic rings. The van der Waals surface area contributed by atoms with Gasteiger partial charge in [0, 0.05) is 25.4 Å². The fourth-order valence-electron chi connectivity index (χ4n) is 1.75. The molecule has 0 saturated heterocycles. The van der Waals surface area contributed by atoms with Gasteiger partial charge < -0.3 is 5.11 Å². The van der Waals surface area contributed by atoms with Crippen LogP contribution in [0.15, 0.2) is 36.5 Å². The van der Waals surface area contributed by atoms with Crippen molar-refractivity contribution in [2.24, 2.45) is 7.05 Å². The normalized spacial score (nSPS) is 10.5. The molecule has 0 aliphatic heterocycles. The largest absolute Gasteiger partial charge is 0.396 e. The van der Waals surface area contributed by atoms with Crippen LogP contribution in [0.1, 0.15) is 5.56 Å². The van der Waals surface area contributed by atoms with Crippen molar-refractivity contribution in [2.45, 2.75) is 6.42 Å². The van der Waals surface area contributed by atoms with Gasteiger partial charge in [-0.3, -0.25) is 4.68 Å². The summed E-state index contributed by atoms with van der Waals surface area (Å²) in [6.45, 7) is 0.175. The number of hydrogen-bond acceptors (Lipinski definition) is 2. The molecule has 0 amide bonds. The molecule has 2 rings (SSSR count). The Morgan fingerprint density at radius 1 is 1.27 bits per heavy atom. The Kier molecular flexibility index (Phi) is 2.83. The number of hydrogen-bond donors (Lipinski definition) is 1. The van der Waals surface area contributed by atoms with Crippen molar-refractivity contribution in [3.63, 3.8) is 0 Å².